The molecule has 6 heteroatoms. The zero-order valence-electron chi connectivity index (χ0n) is 13.5. The number of hydrogen-bond donors (Lipinski definition) is 2. The predicted molar refractivity (Wildman–Crippen MR) is 95.0 cm³/mol. The number of amides is 2. The number of rotatable bonds is 2. The normalized spacial score (nSPS) is 12.9. The van der Waals surface area contributed by atoms with E-state index in [1.54, 1.807) is 24.3 Å². The summed E-state index contributed by atoms with van der Waals surface area (Å²) in [6.07, 6.45) is 0. The van der Waals surface area contributed by atoms with Crippen LogP contribution in [0.4, 0.5) is 11.4 Å². The molecule has 0 unspecified atom stereocenters. The van der Waals surface area contributed by atoms with E-state index in [0.29, 0.717) is 22.7 Å². The Labute approximate surface area is 143 Å². The average molecular weight is 333 g/mol. The number of aromatic nitrogens is 1. The smallest absolute Gasteiger partial charge is 0.262 e. The van der Waals surface area contributed by atoms with Gasteiger partial charge in [-0.15, -0.1) is 0 Å². The fraction of sp³-hybridized carbons (Fsp3) is 0.105. The molecule has 124 valence electrons. The second-order valence-electron chi connectivity index (χ2n) is 5.83. The molecular weight excluding hydrogens is 318 g/mol. The number of carbonyl (C=O) groups is 2. The summed E-state index contributed by atoms with van der Waals surface area (Å²) < 4.78 is 5.32. The van der Waals surface area contributed by atoms with Gasteiger partial charge in [0.2, 0.25) is 0 Å². The van der Waals surface area contributed by atoms with Crippen molar-refractivity contribution in [3.8, 4) is 5.75 Å². The van der Waals surface area contributed by atoms with Crippen molar-refractivity contribution in [2.45, 2.75) is 6.92 Å². The SMILES string of the molecule is Cc1cc(C(=O)Nc2ccc3c(c2)NC(=O)CO3)c2ccccc2n1. The number of hydrogen-bond acceptors (Lipinski definition) is 4. The summed E-state index contributed by atoms with van der Waals surface area (Å²) in [7, 11) is 0. The van der Waals surface area contributed by atoms with Crippen molar-refractivity contribution in [2.75, 3.05) is 17.2 Å². The molecular formula is C19H15N3O3. The van der Waals surface area contributed by atoms with Crippen molar-refractivity contribution in [1.29, 1.82) is 0 Å². The molecule has 0 spiro atoms. The number of ether oxygens (including phenoxy) is 1. The first-order valence-corrected chi connectivity index (χ1v) is 7.84. The van der Waals surface area contributed by atoms with Crippen molar-refractivity contribution >= 4 is 34.1 Å². The van der Waals surface area contributed by atoms with Gasteiger partial charge >= 0.3 is 0 Å². The van der Waals surface area contributed by atoms with Crippen LogP contribution in [-0.4, -0.2) is 23.4 Å². The lowest BCUT2D eigenvalue weighted by atomic mass is 10.1. The van der Waals surface area contributed by atoms with Gasteiger partial charge in [-0.05, 0) is 37.3 Å². The molecule has 0 saturated heterocycles. The lowest BCUT2D eigenvalue weighted by Crippen LogP contribution is -2.25. The van der Waals surface area contributed by atoms with E-state index >= 15 is 0 Å². The molecule has 3 aromatic rings. The molecule has 6 nitrogen and oxygen atoms in total. The van der Waals surface area contributed by atoms with Gasteiger partial charge in [0.25, 0.3) is 11.8 Å². The number of para-hydroxylation sites is 1. The first-order valence-electron chi connectivity index (χ1n) is 7.84. The number of nitrogens with one attached hydrogen (secondary N) is 2. The summed E-state index contributed by atoms with van der Waals surface area (Å²) in [6, 6.07) is 14.4. The number of pyridine rings is 1. The van der Waals surface area contributed by atoms with Crippen molar-refractivity contribution in [3.63, 3.8) is 0 Å². The van der Waals surface area contributed by atoms with Gasteiger partial charge < -0.3 is 15.4 Å². The Morgan fingerprint density at radius 1 is 1.20 bits per heavy atom. The van der Waals surface area contributed by atoms with Crippen molar-refractivity contribution in [3.05, 3.63) is 59.8 Å². The largest absolute Gasteiger partial charge is 0.482 e. The van der Waals surface area contributed by atoms with Crippen LogP contribution in [0.5, 0.6) is 5.75 Å². The quantitative estimate of drug-likeness (QED) is 0.755. The lowest BCUT2D eigenvalue weighted by Gasteiger charge is -2.18. The van der Waals surface area contributed by atoms with Crippen LogP contribution in [0.2, 0.25) is 0 Å². The molecule has 0 fully saturated rings. The van der Waals surface area contributed by atoms with Gasteiger partial charge in [0.05, 0.1) is 16.8 Å². The van der Waals surface area contributed by atoms with Gasteiger partial charge in [-0.25, -0.2) is 0 Å². The predicted octanol–water partition coefficient (Wildman–Crippen LogP) is 3.13. The molecule has 4 rings (SSSR count). The summed E-state index contributed by atoms with van der Waals surface area (Å²) in [5, 5.41) is 6.39. The first kappa shape index (κ1) is 15.1. The summed E-state index contributed by atoms with van der Waals surface area (Å²) in [5.41, 5.74) is 3.23. The fourth-order valence-electron chi connectivity index (χ4n) is 2.85. The Bertz CT molecular complexity index is 1010. The summed E-state index contributed by atoms with van der Waals surface area (Å²) in [5.74, 6) is 0.138. The molecule has 25 heavy (non-hydrogen) atoms. The second kappa shape index (κ2) is 5.90. The number of aryl methyl sites for hydroxylation is 1. The van der Waals surface area contributed by atoms with Crippen LogP contribution in [-0.2, 0) is 4.79 Å². The number of anilines is 2. The van der Waals surface area contributed by atoms with Crippen LogP contribution >= 0.6 is 0 Å². The maximum absolute atomic E-state index is 12.8. The van der Waals surface area contributed by atoms with Gasteiger partial charge in [0.1, 0.15) is 5.75 Å². The molecule has 0 radical (unpaired) electrons. The minimum Gasteiger partial charge on any atom is -0.482 e. The van der Waals surface area contributed by atoms with E-state index < -0.39 is 0 Å². The van der Waals surface area contributed by atoms with Gasteiger partial charge in [0, 0.05) is 16.8 Å². The van der Waals surface area contributed by atoms with Gasteiger partial charge in [-0.3, -0.25) is 14.6 Å². The monoisotopic (exact) mass is 333 g/mol. The van der Waals surface area contributed by atoms with E-state index in [1.807, 2.05) is 31.2 Å². The number of carbonyl (C=O) groups excluding carboxylic acids is 2. The van der Waals surface area contributed by atoms with Crippen LogP contribution in [0, 0.1) is 6.92 Å². The van der Waals surface area contributed by atoms with E-state index in [9.17, 15) is 9.59 Å². The lowest BCUT2D eigenvalue weighted by molar-refractivity contribution is -0.118. The highest BCUT2D eigenvalue weighted by molar-refractivity contribution is 6.12. The molecule has 2 N–H and O–H groups in total. The van der Waals surface area contributed by atoms with E-state index in [-0.39, 0.29) is 18.4 Å². The Hall–Kier alpha value is -3.41. The summed E-state index contributed by atoms with van der Waals surface area (Å²) in [4.78, 5) is 28.6. The highest BCUT2D eigenvalue weighted by Crippen LogP contribution is 2.30. The van der Waals surface area contributed by atoms with Gasteiger partial charge in [-0.2, -0.15) is 0 Å². The third-order valence-electron chi connectivity index (χ3n) is 3.96. The van der Waals surface area contributed by atoms with E-state index in [1.165, 1.54) is 0 Å². The average Bonchev–Trinajstić information content (AvgIpc) is 2.60. The zero-order valence-corrected chi connectivity index (χ0v) is 13.5. The Kier molecular flexibility index (Phi) is 3.57. The second-order valence-corrected chi connectivity index (χ2v) is 5.83. The van der Waals surface area contributed by atoms with Crippen molar-refractivity contribution in [2.24, 2.45) is 0 Å². The van der Waals surface area contributed by atoms with Crippen LogP contribution in [0.1, 0.15) is 16.1 Å². The molecule has 0 aliphatic carbocycles. The minimum absolute atomic E-state index is 0.000979. The summed E-state index contributed by atoms with van der Waals surface area (Å²) >= 11 is 0. The molecule has 1 aliphatic heterocycles. The first-order chi connectivity index (χ1) is 12.1. The Balaban J connectivity index is 1.67. The molecule has 0 saturated carbocycles. The maximum Gasteiger partial charge on any atom is 0.262 e. The summed E-state index contributed by atoms with van der Waals surface area (Å²) in [6.45, 7) is 1.86. The Morgan fingerprint density at radius 3 is 2.92 bits per heavy atom. The molecule has 2 amide bonds. The standard InChI is InChI=1S/C19H15N3O3/c1-11-8-14(13-4-2-3-5-15(13)20-11)19(24)21-12-6-7-17-16(9-12)22-18(23)10-25-17/h2-9H,10H2,1H3,(H,21,24)(H,22,23). The molecule has 1 aliphatic rings. The number of benzene rings is 2. The van der Waals surface area contributed by atoms with E-state index in [0.717, 1.165) is 16.6 Å². The maximum atomic E-state index is 12.8. The van der Waals surface area contributed by atoms with E-state index in [2.05, 4.69) is 15.6 Å². The molecule has 0 atom stereocenters. The number of nitrogens with zero attached hydrogens (tertiary/aromatic N) is 1. The highest BCUT2D eigenvalue weighted by atomic mass is 16.5. The van der Waals surface area contributed by atoms with E-state index in [4.69, 9.17) is 4.74 Å². The number of fused-ring (bicyclic) bond motifs is 2. The van der Waals surface area contributed by atoms with Crippen LogP contribution < -0.4 is 15.4 Å². The molecule has 2 aromatic carbocycles. The highest BCUT2D eigenvalue weighted by Gasteiger charge is 2.17. The minimum atomic E-state index is -0.232. The fourth-order valence-corrected chi connectivity index (χ4v) is 2.85. The van der Waals surface area contributed by atoms with Crippen molar-refractivity contribution < 1.29 is 14.3 Å². The van der Waals surface area contributed by atoms with Crippen LogP contribution in [0.15, 0.2) is 48.5 Å². The zero-order chi connectivity index (χ0) is 17.4. The van der Waals surface area contributed by atoms with Gasteiger partial charge in [0.15, 0.2) is 6.61 Å². The van der Waals surface area contributed by atoms with Crippen LogP contribution in [0.25, 0.3) is 10.9 Å². The molecule has 2 heterocycles. The Morgan fingerprint density at radius 2 is 2.04 bits per heavy atom. The molecule has 1 aromatic heterocycles. The molecule has 0 bridgehead atoms. The third-order valence-corrected chi connectivity index (χ3v) is 3.96. The van der Waals surface area contributed by atoms with Crippen molar-refractivity contribution in [1.82, 2.24) is 4.98 Å². The third kappa shape index (κ3) is 2.89. The topological polar surface area (TPSA) is 80.3 Å². The van der Waals surface area contributed by atoms with Crippen LogP contribution in [0.3, 0.4) is 0 Å². The van der Waals surface area contributed by atoms with Gasteiger partial charge in [-0.1, -0.05) is 18.2 Å².